The number of rotatable bonds is 4. The van der Waals surface area contributed by atoms with Crippen LogP contribution in [0, 0.1) is 45.3 Å². The third kappa shape index (κ3) is 2.81. The van der Waals surface area contributed by atoms with E-state index in [2.05, 4.69) is 34.6 Å². The van der Waals surface area contributed by atoms with Gasteiger partial charge in [0, 0.05) is 11.8 Å². The Kier molecular flexibility index (Phi) is 5.42. The van der Waals surface area contributed by atoms with Gasteiger partial charge in [-0.1, -0.05) is 34.6 Å². The largest absolute Gasteiger partial charge is 0.481 e. The predicted molar refractivity (Wildman–Crippen MR) is 118 cm³/mol. The van der Waals surface area contributed by atoms with Crippen molar-refractivity contribution in [3.05, 3.63) is 0 Å². The van der Waals surface area contributed by atoms with E-state index in [1.165, 1.54) is 12.8 Å². The van der Waals surface area contributed by atoms with Gasteiger partial charge in [-0.15, -0.1) is 0 Å². The summed E-state index contributed by atoms with van der Waals surface area (Å²) in [4.78, 5) is 11.2. The lowest BCUT2D eigenvalue weighted by Crippen LogP contribution is -2.67. The van der Waals surface area contributed by atoms with E-state index in [1.54, 1.807) is 0 Å². The van der Waals surface area contributed by atoms with Gasteiger partial charge in [0.25, 0.3) is 0 Å². The second-order valence-electron chi connectivity index (χ2n) is 12.6. The lowest BCUT2D eigenvalue weighted by molar-refractivity contribution is -0.253. The molecule has 0 spiro atoms. The van der Waals surface area contributed by atoms with E-state index in [4.69, 9.17) is 0 Å². The van der Waals surface area contributed by atoms with Crippen LogP contribution in [0.3, 0.4) is 0 Å². The summed E-state index contributed by atoms with van der Waals surface area (Å²) < 4.78 is 0. The first-order valence-electron chi connectivity index (χ1n) is 12.5. The standard InChI is InChI=1S/C26H44O4/c1-16(6-9-22(29)30)19-11-13-24(3)20-8-7-17-14-18(27)10-12-23(17,2)25(20,4)15-21(28)26(19,24)5/h16-21,27-28H,6-15H2,1-5H3,(H,29,30)/t16-,17-,18-,19-,20+,21+,23+,24+,25+,26+/m1/s1. The SMILES string of the molecule is C[C@H](CCC(=O)O)[C@H]1CC[C@@]2(C)[C@@H]3CC[C@@H]4C[C@H](O)CC[C@]4(C)[C@@]3(C)C[C@H](O)[C@]12C. The maximum Gasteiger partial charge on any atom is 0.303 e. The van der Waals surface area contributed by atoms with Gasteiger partial charge in [-0.2, -0.15) is 0 Å². The van der Waals surface area contributed by atoms with Crippen molar-refractivity contribution in [3.63, 3.8) is 0 Å². The Morgan fingerprint density at radius 3 is 2.30 bits per heavy atom. The van der Waals surface area contributed by atoms with E-state index in [9.17, 15) is 20.1 Å². The van der Waals surface area contributed by atoms with Crippen molar-refractivity contribution in [2.24, 2.45) is 45.3 Å². The summed E-state index contributed by atoms with van der Waals surface area (Å²) in [6, 6.07) is 0. The maximum absolute atomic E-state index is 11.8. The Hall–Kier alpha value is -0.610. The van der Waals surface area contributed by atoms with E-state index < -0.39 is 5.97 Å². The molecular weight excluding hydrogens is 376 g/mol. The van der Waals surface area contributed by atoms with Crippen LogP contribution in [0.25, 0.3) is 0 Å². The van der Waals surface area contributed by atoms with Crippen LogP contribution in [0.4, 0.5) is 0 Å². The number of aliphatic hydroxyl groups excluding tert-OH is 2. The van der Waals surface area contributed by atoms with E-state index in [0.29, 0.717) is 30.1 Å². The molecule has 0 unspecified atom stereocenters. The lowest BCUT2D eigenvalue weighted by atomic mass is 9.34. The molecule has 0 saturated heterocycles. The molecule has 0 heterocycles. The molecule has 0 radical (unpaired) electrons. The molecule has 4 aliphatic carbocycles. The van der Waals surface area contributed by atoms with Gasteiger partial charge in [0.1, 0.15) is 0 Å². The number of fused-ring (bicyclic) bond motifs is 5. The highest BCUT2D eigenvalue weighted by atomic mass is 16.4. The first kappa shape index (κ1) is 22.6. The molecule has 0 aromatic rings. The fraction of sp³-hybridized carbons (Fsp3) is 0.962. The fourth-order valence-electron chi connectivity index (χ4n) is 9.71. The summed E-state index contributed by atoms with van der Waals surface area (Å²) >= 11 is 0. The Morgan fingerprint density at radius 1 is 0.967 bits per heavy atom. The molecule has 0 bridgehead atoms. The molecule has 4 nitrogen and oxygen atoms in total. The molecule has 4 heteroatoms. The van der Waals surface area contributed by atoms with Crippen molar-refractivity contribution >= 4 is 5.97 Å². The number of carboxylic acids is 1. The average molecular weight is 421 g/mol. The summed E-state index contributed by atoms with van der Waals surface area (Å²) in [5, 5.41) is 31.3. The highest BCUT2D eigenvalue weighted by molar-refractivity contribution is 5.66. The Balaban J connectivity index is 1.68. The minimum Gasteiger partial charge on any atom is -0.481 e. The number of aliphatic carboxylic acids is 1. The summed E-state index contributed by atoms with van der Waals surface area (Å²) in [5.41, 5.74) is 0.231. The summed E-state index contributed by atoms with van der Waals surface area (Å²) in [6.45, 7) is 12.0. The fourth-order valence-corrected chi connectivity index (χ4v) is 9.71. The van der Waals surface area contributed by atoms with Gasteiger partial charge >= 0.3 is 5.97 Å². The van der Waals surface area contributed by atoms with Gasteiger partial charge in [0.05, 0.1) is 12.2 Å². The second kappa shape index (κ2) is 7.20. The molecule has 0 aliphatic heterocycles. The molecule has 3 N–H and O–H groups in total. The number of carboxylic acid groups (broad SMARTS) is 1. The zero-order valence-electron chi connectivity index (χ0n) is 19.8. The molecule has 4 rings (SSSR count). The van der Waals surface area contributed by atoms with Gasteiger partial charge in [0.2, 0.25) is 0 Å². The molecule has 4 aliphatic rings. The predicted octanol–water partition coefficient (Wildman–Crippen LogP) is 5.26. The van der Waals surface area contributed by atoms with Gasteiger partial charge in [-0.25, -0.2) is 0 Å². The minimum absolute atomic E-state index is 0.0889. The smallest absolute Gasteiger partial charge is 0.303 e. The molecule has 0 amide bonds. The maximum atomic E-state index is 11.8. The number of hydrogen-bond donors (Lipinski definition) is 3. The van der Waals surface area contributed by atoms with Crippen molar-refractivity contribution in [3.8, 4) is 0 Å². The number of hydrogen-bond acceptors (Lipinski definition) is 3. The van der Waals surface area contributed by atoms with Gasteiger partial charge in [-0.3, -0.25) is 4.79 Å². The third-order valence-corrected chi connectivity index (χ3v) is 11.9. The molecule has 10 atom stereocenters. The van der Waals surface area contributed by atoms with Crippen LogP contribution in [0.1, 0.15) is 98.8 Å². The van der Waals surface area contributed by atoms with Gasteiger partial charge in [-0.05, 0) is 97.7 Å². The minimum atomic E-state index is -0.713. The quantitative estimate of drug-likeness (QED) is 0.580. The van der Waals surface area contributed by atoms with Gasteiger partial charge < -0.3 is 15.3 Å². The van der Waals surface area contributed by atoms with E-state index in [0.717, 1.165) is 38.5 Å². The molecule has 0 aromatic carbocycles. The number of aliphatic hydroxyl groups is 2. The van der Waals surface area contributed by atoms with Crippen molar-refractivity contribution in [2.45, 2.75) is 111 Å². The van der Waals surface area contributed by atoms with Crippen molar-refractivity contribution in [1.82, 2.24) is 0 Å². The highest BCUT2D eigenvalue weighted by Gasteiger charge is 2.72. The van der Waals surface area contributed by atoms with Crippen LogP contribution >= 0.6 is 0 Å². The van der Waals surface area contributed by atoms with Crippen molar-refractivity contribution < 1.29 is 20.1 Å². The molecule has 172 valence electrons. The van der Waals surface area contributed by atoms with Crippen LogP contribution < -0.4 is 0 Å². The van der Waals surface area contributed by atoms with Crippen LogP contribution in [0.5, 0.6) is 0 Å². The van der Waals surface area contributed by atoms with Crippen LogP contribution in [-0.2, 0) is 4.79 Å². The Bertz CT molecular complexity index is 693. The highest BCUT2D eigenvalue weighted by Crippen LogP contribution is 2.77. The van der Waals surface area contributed by atoms with Crippen LogP contribution in [-0.4, -0.2) is 33.5 Å². The zero-order valence-corrected chi connectivity index (χ0v) is 19.8. The van der Waals surface area contributed by atoms with Gasteiger partial charge in [0.15, 0.2) is 0 Å². The zero-order chi connectivity index (χ0) is 22.1. The molecule has 4 fully saturated rings. The lowest BCUT2D eigenvalue weighted by Gasteiger charge is -2.71. The summed E-state index contributed by atoms with van der Waals surface area (Å²) in [5.74, 6) is 1.15. The molecule has 4 saturated carbocycles. The van der Waals surface area contributed by atoms with Crippen molar-refractivity contribution in [1.29, 1.82) is 0 Å². The first-order chi connectivity index (χ1) is 13.9. The average Bonchev–Trinajstić information content (AvgIpc) is 2.95. The van der Waals surface area contributed by atoms with Crippen LogP contribution in [0.15, 0.2) is 0 Å². The Labute approximate surface area is 182 Å². The molecule has 0 aromatic heterocycles. The first-order valence-corrected chi connectivity index (χ1v) is 12.5. The topological polar surface area (TPSA) is 77.8 Å². The van der Waals surface area contributed by atoms with Crippen LogP contribution in [0.2, 0.25) is 0 Å². The van der Waals surface area contributed by atoms with E-state index in [1.807, 2.05) is 0 Å². The molecular formula is C26H44O4. The third-order valence-electron chi connectivity index (χ3n) is 11.9. The van der Waals surface area contributed by atoms with E-state index in [-0.39, 0.29) is 40.3 Å². The summed E-state index contributed by atoms with van der Waals surface area (Å²) in [7, 11) is 0. The van der Waals surface area contributed by atoms with Crippen molar-refractivity contribution in [2.75, 3.05) is 0 Å². The van der Waals surface area contributed by atoms with E-state index >= 15 is 0 Å². The summed E-state index contributed by atoms with van der Waals surface area (Å²) in [6.07, 6.45) is 8.86. The molecule has 30 heavy (non-hydrogen) atoms. The normalized spacial score (nSPS) is 54.0. The second-order valence-corrected chi connectivity index (χ2v) is 12.6. The Morgan fingerprint density at radius 2 is 1.63 bits per heavy atom. The number of carbonyl (C=O) groups is 1. The monoisotopic (exact) mass is 420 g/mol.